The van der Waals surface area contributed by atoms with Crippen LogP contribution in [0.5, 0.6) is 0 Å². The predicted octanol–water partition coefficient (Wildman–Crippen LogP) is 4.25. The minimum atomic E-state index is -0.325. The van der Waals surface area contributed by atoms with Gasteiger partial charge in [0.25, 0.3) is 0 Å². The maximum Gasteiger partial charge on any atom is 0.137 e. The third kappa shape index (κ3) is 2.47. The van der Waals surface area contributed by atoms with Gasteiger partial charge in [0, 0.05) is 0 Å². The Morgan fingerprint density at radius 1 is 1.11 bits per heavy atom. The van der Waals surface area contributed by atoms with E-state index in [1.165, 1.54) is 17.2 Å². The maximum absolute atomic E-state index is 13.5. The van der Waals surface area contributed by atoms with Crippen molar-refractivity contribution in [3.63, 3.8) is 0 Å². The minimum Gasteiger partial charge on any atom is -0.320 e. The molecule has 18 heavy (non-hydrogen) atoms. The van der Waals surface area contributed by atoms with Crippen LogP contribution in [-0.2, 0) is 0 Å². The van der Waals surface area contributed by atoms with Gasteiger partial charge in [-0.1, -0.05) is 30.3 Å². The topological polar surface area (TPSA) is 26.0 Å². The van der Waals surface area contributed by atoms with Crippen LogP contribution in [0, 0.1) is 19.7 Å². The van der Waals surface area contributed by atoms with E-state index in [1.807, 2.05) is 25.1 Å². The summed E-state index contributed by atoms with van der Waals surface area (Å²) in [7, 11) is 0. The van der Waals surface area contributed by atoms with Gasteiger partial charge in [-0.15, -0.1) is 0 Å². The SMILES string of the molecule is Cc1ccc(C(N)c2cccc(F)c2Br)cc1C. The van der Waals surface area contributed by atoms with E-state index in [2.05, 4.69) is 28.9 Å². The molecule has 0 saturated heterocycles. The van der Waals surface area contributed by atoms with Crippen molar-refractivity contribution in [2.45, 2.75) is 19.9 Å². The van der Waals surface area contributed by atoms with Crippen molar-refractivity contribution < 1.29 is 4.39 Å². The quantitative estimate of drug-likeness (QED) is 0.881. The molecule has 0 saturated carbocycles. The van der Waals surface area contributed by atoms with E-state index < -0.39 is 0 Å². The van der Waals surface area contributed by atoms with Crippen LogP contribution in [0.25, 0.3) is 0 Å². The zero-order chi connectivity index (χ0) is 13.3. The number of nitrogens with two attached hydrogens (primary N) is 1. The summed E-state index contributed by atoms with van der Waals surface area (Å²) in [5.74, 6) is -0.285. The van der Waals surface area contributed by atoms with Crippen LogP contribution < -0.4 is 5.73 Å². The van der Waals surface area contributed by atoms with Crippen LogP contribution in [0.1, 0.15) is 28.3 Å². The Labute approximate surface area is 115 Å². The van der Waals surface area contributed by atoms with Gasteiger partial charge in [0.1, 0.15) is 5.82 Å². The molecule has 0 spiro atoms. The Morgan fingerprint density at radius 3 is 2.50 bits per heavy atom. The van der Waals surface area contributed by atoms with Crippen LogP contribution >= 0.6 is 15.9 Å². The van der Waals surface area contributed by atoms with Gasteiger partial charge < -0.3 is 5.73 Å². The van der Waals surface area contributed by atoms with Crippen molar-refractivity contribution >= 4 is 15.9 Å². The Bertz CT molecular complexity index is 581. The molecule has 0 aromatic heterocycles. The van der Waals surface area contributed by atoms with E-state index in [4.69, 9.17) is 5.73 Å². The standard InChI is InChI=1S/C15H15BrFN/c1-9-6-7-11(8-10(9)2)15(18)12-4-3-5-13(17)14(12)16/h3-8,15H,18H2,1-2H3. The fraction of sp³-hybridized carbons (Fsp3) is 0.200. The first-order chi connectivity index (χ1) is 8.50. The van der Waals surface area contributed by atoms with Crippen molar-refractivity contribution in [1.29, 1.82) is 0 Å². The second kappa shape index (κ2) is 5.21. The monoisotopic (exact) mass is 307 g/mol. The highest BCUT2D eigenvalue weighted by Crippen LogP contribution is 2.29. The van der Waals surface area contributed by atoms with Crippen molar-refractivity contribution in [2.24, 2.45) is 5.73 Å². The Morgan fingerprint density at radius 2 is 1.83 bits per heavy atom. The molecule has 1 unspecified atom stereocenters. The Kier molecular flexibility index (Phi) is 3.83. The summed E-state index contributed by atoms with van der Waals surface area (Å²) in [6.07, 6.45) is 0. The minimum absolute atomic E-state index is 0.285. The summed E-state index contributed by atoms with van der Waals surface area (Å²) in [4.78, 5) is 0. The van der Waals surface area contributed by atoms with Gasteiger partial charge in [-0.05, 0) is 58.1 Å². The first-order valence-corrected chi connectivity index (χ1v) is 6.56. The molecule has 0 aliphatic heterocycles. The molecule has 3 heteroatoms. The average molecular weight is 308 g/mol. The van der Waals surface area contributed by atoms with E-state index >= 15 is 0 Å². The molecule has 94 valence electrons. The smallest absolute Gasteiger partial charge is 0.137 e. The van der Waals surface area contributed by atoms with Gasteiger partial charge in [-0.3, -0.25) is 0 Å². The molecule has 0 heterocycles. The summed E-state index contributed by atoms with van der Waals surface area (Å²) < 4.78 is 13.9. The van der Waals surface area contributed by atoms with Crippen molar-refractivity contribution in [3.05, 3.63) is 68.9 Å². The lowest BCUT2D eigenvalue weighted by Crippen LogP contribution is -2.13. The molecule has 2 aromatic carbocycles. The van der Waals surface area contributed by atoms with E-state index in [-0.39, 0.29) is 11.9 Å². The lowest BCUT2D eigenvalue weighted by atomic mass is 9.96. The van der Waals surface area contributed by atoms with Crippen LogP contribution in [-0.4, -0.2) is 0 Å². The summed E-state index contributed by atoms with van der Waals surface area (Å²) in [5.41, 5.74) is 10.4. The van der Waals surface area contributed by atoms with E-state index in [9.17, 15) is 4.39 Å². The lowest BCUT2D eigenvalue weighted by Gasteiger charge is -2.16. The molecule has 0 radical (unpaired) electrons. The molecule has 0 fully saturated rings. The molecule has 0 amide bonds. The molecule has 0 bridgehead atoms. The number of halogens is 2. The molecular weight excluding hydrogens is 293 g/mol. The molecular formula is C15H15BrFN. The van der Waals surface area contributed by atoms with Gasteiger partial charge in [-0.2, -0.15) is 0 Å². The number of benzene rings is 2. The largest absolute Gasteiger partial charge is 0.320 e. The van der Waals surface area contributed by atoms with Crippen LogP contribution in [0.2, 0.25) is 0 Å². The molecule has 1 atom stereocenters. The summed E-state index contributed by atoms with van der Waals surface area (Å²) >= 11 is 3.26. The van der Waals surface area contributed by atoms with Gasteiger partial charge in [-0.25, -0.2) is 4.39 Å². The van der Waals surface area contributed by atoms with E-state index in [0.29, 0.717) is 4.47 Å². The second-order valence-corrected chi connectivity index (χ2v) is 5.26. The summed E-state index contributed by atoms with van der Waals surface area (Å²) in [6.45, 7) is 4.11. The first-order valence-electron chi connectivity index (χ1n) is 5.77. The zero-order valence-electron chi connectivity index (χ0n) is 10.4. The molecule has 0 aliphatic carbocycles. The molecule has 2 aromatic rings. The van der Waals surface area contributed by atoms with Crippen LogP contribution in [0.15, 0.2) is 40.9 Å². The zero-order valence-corrected chi connectivity index (χ0v) is 12.0. The molecule has 1 nitrogen and oxygen atoms in total. The van der Waals surface area contributed by atoms with Crippen molar-refractivity contribution in [1.82, 2.24) is 0 Å². The van der Waals surface area contributed by atoms with E-state index in [1.54, 1.807) is 6.07 Å². The third-order valence-corrected chi connectivity index (χ3v) is 4.04. The number of rotatable bonds is 2. The lowest BCUT2D eigenvalue weighted by molar-refractivity contribution is 0.616. The third-order valence-electron chi connectivity index (χ3n) is 3.21. The van der Waals surface area contributed by atoms with Gasteiger partial charge >= 0.3 is 0 Å². The highest BCUT2D eigenvalue weighted by atomic mass is 79.9. The van der Waals surface area contributed by atoms with Gasteiger partial charge in [0.15, 0.2) is 0 Å². The number of hydrogen-bond acceptors (Lipinski definition) is 1. The molecule has 2 N–H and O–H groups in total. The number of aryl methyl sites for hydroxylation is 2. The fourth-order valence-corrected chi connectivity index (χ4v) is 2.41. The second-order valence-electron chi connectivity index (χ2n) is 4.46. The van der Waals surface area contributed by atoms with Crippen LogP contribution in [0.3, 0.4) is 0 Å². The Hall–Kier alpha value is -1.19. The van der Waals surface area contributed by atoms with Gasteiger partial charge in [0.05, 0.1) is 10.5 Å². The van der Waals surface area contributed by atoms with Crippen molar-refractivity contribution in [3.8, 4) is 0 Å². The summed E-state index contributed by atoms with van der Waals surface area (Å²) in [5, 5.41) is 0. The normalized spacial score (nSPS) is 12.5. The highest BCUT2D eigenvalue weighted by molar-refractivity contribution is 9.10. The van der Waals surface area contributed by atoms with Crippen molar-refractivity contribution in [2.75, 3.05) is 0 Å². The highest BCUT2D eigenvalue weighted by Gasteiger charge is 2.14. The van der Waals surface area contributed by atoms with Gasteiger partial charge in [0.2, 0.25) is 0 Å². The Balaban J connectivity index is 2.44. The maximum atomic E-state index is 13.5. The van der Waals surface area contributed by atoms with E-state index in [0.717, 1.165) is 11.1 Å². The average Bonchev–Trinajstić information content (AvgIpc) is 2.35. The first kappa shape index (κ1) is 13.2. The molecule has 0 aliphatic rings. The summed E-state index contributed by atoms with van der Waals surface area (Å²) in [6, 6.07) is 10.7. The predicted molar refractivity (Wildman–Crippen MR) is 76.0 cm³/mol. The van der Waals surface area contributed by atoms with Crippen LogP contribution in [0.4, 0.5) is 4.39 Å². The number of hydrogen-bond donors (Lipinski definition) is 1. The fourth-order valence-electron chi connectivity index (χ4n) is 1.90. The molecule has 2 rings (SSSR count).